The Hall–Kier alpha value is -2.89. The lowest BCUT2D eigenvalue weighted by Crippen LogP contribution is -2.70. The Morgan fingerprint density at radius 3 is 1.94 bits per heavy atom. The standard InChI is InChI=1S/C24H39N5O7/c1-14(2)20(15(3)4)36-24(35)28-11-9-27(10-12-28)23(34)29-19(22(32)33)17(21(29)31)13-18(30)26-7-5-16(25)6-8-26/h14-17,19-20H,5-13,25H2,1-4H3,(H,32,33)/t17-,19+/m1/s1. The molecule has 0 spiro atoms. The first kappa shape index (κ1) is 27.7. The van der Waals surface area contributed by atoms with Crippen molar-refractivity contribution in [3.8, 4) is 0 Å². The molecule has 3 rings (SSSR count). The summed E-state index contributed by atoms with van der Waals surface area (Å²) in [5.41, 5.74) is 5.86. The number of aliphatic carboxylic acids is 1. The second kappa shape index (κ2) is 11.4. The van der Waals surface area contributed by atoms with E-state index in [1.54, 1.807) is 4.90 Å². The highest BCUT2D eigenvalue weighted by molar-refractivity contribution is 6.08. The van der Waals surface area contributed by atoms with Crippen molar-refractivity contribution in [2.24, 2.45) is 23.5 Å². The average Bonchev–Trinajstić information content (AvgIpc) is 2.83. The Morgan fingerprint density at radius 1 is 0.917 bits per heavy atom. The summed E-state index contributed by atoms with van der Waals surface area (Å²) in [6.45, 7) is 9.62. The maximum atomic E-state index is 13.0. The first-order chi connectivity index (χ1) is 16.9. The summed E-state index contributed by atoms with van der Waals surface area (Å²) in [5.74, 6) is -3.03. The highest BCUT2D eigenvalue weighted by atomic mass is 16.6. The van der Waals surface area contributed by atoms with E-state index in [2.05, 4.69) is 0 Å². The molecule has 3 aliphatic rings. The Morgan fingerprint density at radius 2 is 1.44 bits per heavy atom. The second-order valence-electron chi connectivity index (χ2n) is 10.6. The topological polar surface area (TPSA) is 154 Å². The number of carbonyl (C=O) groups is 5. The van der Waals surface area contributed by atoms with Crippen LogP contribution in [0.3, 0.4) is 0 Å². The number of carbonyl (C=O) groups excluding carboxylic acids is 4. The Balaban J connectivity index is 1.55. The molecule has 0 radical (unpaired) electrons. The molecule has 0 aromatic heterocycles. The molecule has 0 bridgehead atoms. The van der Waals surface area contributed by atoms with Crippen molar-refractivity contribution in [1.82, 2.24) is 19.6 Å². The molecule has 0 unspecified atom stereocenters. The van der Waals surface area contributed by atoms with Gasteiger partial charge in [-0.1, -0.05) is 27.7 Å². The summed E-state index contributed by atoms with van der Waals surface area (Å²) in [7, 11) is 0. The fourth-order valence-corrected chi connectivity index (χ4v) is 5.18. The zero-order chi connectivity index (χ0) is 26.7. The number of likely N-dealkylation sites (tertiary alicyclic amines) is 2. The van der Waals surface area contributed by atoms with E-state index in [0.29, 0.717) is 25.9 Å². The normalized spacial score (nSPS) is 23.4. The van der Waals surface area contributed by atoms with E-state index in [9.17, 15) is 29.1 Å². The Labute approximate surface area is 211 Å². The van der Waals surface area contributed by atoms with Crippen molar-refractivity contribution in [2.45, 2.75) is 65.1 Å². The fraction of sp³-hybridized carbons (Fsp3) is 0.792. The van der Waals surface area contributed by atoms with Crippen LogP contribution in [0.15, 0.2) is 0 Å². The summed E-state index contributed by atoms with van der Waals surface area (Å²) in [6, 6.07) is -2.06. The van der Waals surface area contributed by atoms with Gasteiger partial charge in [-0.25, -0.2) is 19.3 Å². The molecule has 12 heteroatoms. The smallest absolute Gasteiger partial charge is 0.410 e. The van der Waals surface area contributed by atoms with E-state index < -0.39 is 36.0 Å². The van der Waals surface area contributed by atoms with Crippen LogP contribution >= 0.6 is 0 Å². The third-order valence-corrected chi connectivity index (χ3v) is 7.32. The van der Waals surface area contributed by atoms with E-state index in [4.69, 9.17) is 10.5 Å². The molecule has 2 atom stereocenters. The number of urea groups is 1. The minimum atomic E-state index is -1.39. The van der Waals surface area contributed by atoms with Crippen molar-refractivity contribution in [2.75, 3.05) is 39.3 Å². The predicted molar refractivity (Wildman–Crippen MR) is 129 cm³/mol. The number of nitrogens with zero attached hydrogens (tertiary/aromatic N) is 4. The summed E-state index contributed by atoms with van der Waals surface area (Å²) >= 11 is 0. The first-order valence-corrected chi connectivity index (χ1v) is 12.8. The minimum Gasteiger partial charge on any atom is -0.480 e. The van der Waals surface area contributed by atoms with Gasteiger partial charge in [-0.2, -0.15) is 0 Å². The van der Waals surface area contributed by atoms with Gasteiger partial charge in [0, 0.05) is 51.7 Å². The molecule has 202 valence electrons. The average molecular weight is 510 g/mol. The van der Waals surface area contributed by atoms with Crippen molar-refractivity contribution >= 4 is 29.9 Å². The number of hydrogen-bond donors (Lipinski definition) is 2. The number of rotatable bonds is 6. The zero-order valence-corrected chi connectivity index (χ0v) is 21.6. The van der Waals surface area contributed by atoms with Gasteiger partial charge in [0.15, 0.2) is 6.04 Å². The first-order valence-electron chi connectivity index (χ1n) is 12.8. The lowest BCUT2D eigenvalue weighted by Gasteiger charge is -2.46. The van der Waals surface area contributed by atoms with Crippen LogP contribution in [0.4, 0.5) is 9.59 Å². The third kappa shape index (κ3) is 5.91. The van der Waals surface area contributed by atoms with Crippen LogP contribution in [0.5, 0.6) is 0 Å². The summed E-state index contributed by atoms with van der Waals surface area (Å²) < 4.78 is 5.66. The number of carboxylic acids is 1. The maximum absolute atomic E-state index is 13.0. The van der Waals surface area contributed by atoms with E-state index in [1.807, 2.05) is 27.7 Å². The van der Waals surface area contributed by atoms with Gasteiger partial charge in [-0.15, -0.1) is 0 Å². The summed E-state index contributed by atoms with van der Waals surface area (Å²) in [6.07, 6.45) is 0.392. The van der Waals surface area contributed by atoms with Crippen molar-refractivity contribution < 1.29 is 33.8 Å². The van der Waals surface area contributed by atoms with Gasteiger partial charge in [0.25, 0.3) is 0 Å². The van der Waals surface area contributed by atoms with Gasteiger partial charge < -0.3 is 30.3 Å². The van der Waals surface area contributed by atoms with Gasteiger partial charge >= 0.3 is 18.1 Å². The van der Waals surface area contributed by atoms with Crippen LogP contribution in [-0.4, -0.2) is 112 Å². The lowest BCUT2D eigenvalue weighted by atomic mass is 9.84. The van der Waals surface area contributed by atoms with Crippen LogP contribution in [0.25, 0.3) is 0 Å². The molecule has 3 heterocycles. The molecule has 36 heavy (non-hydrogen) atoms. The fourth-order valence-electron chi connectivity index (χ4n) is 5.18. The molecule has 0 aromatic rings. The molecule has 3 aliphatic heterocycles. The molecular weight excluding hydrogens is 470 g/mol. The number of amides is 5. The number of nitrogens with two attached hydrogens (primary N) is 1. The molecule has 0 aromatic carbocycles. The SMILES string of the molecule is CC(C)C(OC(=O)N1CCN(C(=O)N2C(=O)[C@H](CC(=O)N3CCC(N)CC3)[C@H]2C(=O)O)CC1)C(C)C. The highest BCUT2D eigenvalue weighted by Crippen LogP contribution is 2.32. The number of hydrogen-bond acceptors (Lipinski definition) is 7. The van der Waals surface area contributed by atoms with Crippen LogP contribution in [0.2, 0.25) is 0 Å². The van der Waals surface area contributed by atoms with Gasteiger partial charge in [-0.3, -0.25) is 9.59 Å². The van der Waals surface area contributed by atoms with E-state index in [1.165, 1.54) is 9.80 Å². The molecule has 0 saturated carbocycles. The number of ether oxygens (including phenoxy) is 1. The van der Waals surface area contributed by atoms with Gasteiger partial charge in [-0.05, 0) is 24.7 Å². The number of imide groups is 1. The van der Waals surface area contributed by atoms with Crippen molar-refractivity contribution in [1.29, 1.82) is 0 Å². The van der Waals surface area contributed by atoms with E-state index >= 15 is 0 Å². The van der Waals surface area contributed by atoms with Crippen molar-refractivity contribution in [3.05, 3.63) is 0 Å². The minimum absolute atomic E-state index is 0.0356. The predicted octanol–water partition coefficient (Wildman–Crippen LogP) is 0.793. The molecule has 5 amide bonds. The lowest BCUT2D eigenvalue weighted by molar-refractivity contribution is -0.168. The van der Waals surface area contributed by atoms with Gasteiger partial charge in [0.1, 0.15) is 6.10 Å². The number of piperazine rings is 1. The zero-order valence-electron chi connectivity index (χ0n) is 21.6. The van der Waals surface area contributed by atoms with Gasteiger partial charge in [0.2, 0.25) is 11.8 Å². The van der Waals surface area contributed by atoms with Crippen LogP contribution in [0, 0.1) is 17.8 Å². The quantitative estimate of drug-likeness (QED) is 0.498. The van der Waals surface area contributed by atoms with E-state index in [0.717, 1.165) is 4.90 Å². The Kier molecular flexibility index (Phi) is 8.80. The molecule has 12 nitrogen and oxygen atoms in total. The Bertz CT molecular complexity index is 855. The summed E-state index contributed by atoms with van der Waals surface area (Å²) in [4.78, 5) is 68.2. The maximum Gasteiger partial charge on any atom is 0.410 e. The highest BCUT2D eigenvalue weighted by Gasteiger charge is 2.56. The second-order valence-corrected chi connectivity index (χ2v) is 10.6. The van der Waals surface area contributed by atoms with Crippen molar-refractivity contribution in [3.63, 3.8) is 0 Å². The van der Waals surface area contributed by atoms with Gasteiger partial charge in [0.05, 0.1) is 5.92 Å². The van der Waals surface area contributed by atoms with E-state index in [-0.39, 0.29) is 62.5 Å². The molecular formula is C24H39N5O7. The molecule has 3 saturated heterocycles. The van der Waals surface area contributed by atoms with Crippen LogP contribution in [0.1, 0.15) is 47.0 Å². The molecule has 3 fully saturated rings. The number of carboxylic acid groups (broad SMARTS) is 1. The van der Waals surface area contributed by atoms with Crippen LogP contribution in [-0.2, 0) is 19.1 Å². The third-order valence-electron chi connectivity index (χ3n) is 7.32. The molecule has 3 N–H and O–H groups in total. The largest absolute Gasteiger partial charge is 0.480 e. The monoisotopic (exact) mass is 509 g/mol. The summed E-state index contributed by atoms with van der Waals surface area (Å²) in [5, 5.41) is 9.71. The molecule has 0 aliphatic carbocycles. The number of β-lactam (4-membered cyclic amide) rings is 1. The van der Waals surface area contributed by atoms with Crippen LogP contribution < -0.4 is 5.73 Å². The number of piperidine rings is 1.